The van der Waals surface area contributed by atoms with Crippen LogP contribution in [0.25, 0.3) is 0 Å². The fourth-order valence-electron chi connectivity index (χ4n) is 6.59. The number of nitrogens with zero attached hydrogens (tertiary/aromatic N) is 5. The number of nitriles is 1. The van der Waals surface area contributed by atoms with Gasteiger partial charge in [0.15, 0.2) is 5.67 Å². The Bertz CT molecular complexity index is 1240. The standard InChI is InChI=1S/C35H51FN6O3/c1-27-23-29(24-37)9-7-6-8-18-42(25-27)30-13-19-41(20-14-30)32(44-5)35(36)15-21-40(22-16-35)26-28-10-11-31(38-17-12-28)39-33(43)45-34(2,3)4/h7,9,12,17,23,26,30,32H,1,6,8,10-11,13-16,18-22,25H2,2-5H3,(H,38,39,43)/b9-7?,28-26+,29-23?. The number of likely N-dealkylation sites (tertiary alicyclic amines) is 2. The minimum Gasteiger partial charge on any atom is -0.444 e. The third-order valence-corrected chi connectivity index (χ3v) is 8.81. The highest BCUT2D eigenvalue weighted by molar-refractivity contribution is 5.96. The number of alkyl halides is 1. The van der Waals surface area contributed by atoms with Gasteiger partial charge in [0.1, 0.15) is 17.7 Å². The van der Waals surface area contributed by atoms with Gasteiger partial charge in [0.2, 0.25) is 0 Å². The van der Waals surface area contributed by atoms with E-state index in [0.29, 0.717) is 49.8 Å². The summed E-state index contributed by atoms with van der Waals surface area (Å²) in [7, 11) is 1.63. The van der Waals surface area contributed by atoms with Gasteiger partial charge in [0, 0.05) is 77.5 Å². The van der Waals surface area contributed by atoms with Crippen molar-refractivity contribution in [3.8, 4) is 6.07 Å². The van der Waals surface area contributed by atoms with Gasteiger partial charge < -0.3 is 14.4 Å². The van der Waals surface area contributed by atoms with Gasteiger partial charge in [-0.1, -0.05) is 12.7 Å². The molecule has 2 saturated heterocycles. The number of alkyl carbamates (subject to hydrolysis) is 1. The monoisotopic (exact) mass is 622 g/mol. The summed E-state index contributed by atoms with van der Waals surface area (Å²) in [5.74, 6) is 0.571. The lowest BCUT2D eigenvalue weighted by Crippen LogP contribution is -2.58. The largest absolute Gasteiger partial charge is 0.444 e. The first kappa shape index (κ1) is 34.6. The van der Waals surface area contributed by atoms with E-state index >= 15 is 4.39 Å². The molecule has 1 unspecified atom stereocenters. The van der Waals surface area contributed by atoms with E-state index in [1.165, 1.54) is 0 Å². The van der Waals surface area contributed by atoms with Gasteiger partial charge in [-0.3, -0.25) is 15.1 Å². The van der Waals surface area contributed by atoms with Crippen LogP contribution in [0, 0.1) is 11.3 Å². The summed E-state index contributed by atoms with van der Waals surface area (Å²) in [5.41, 5.74) is 0.696. The number of aliphatic imine (C=N–C) groups is 1. The number of hydrogen-bond donors (Lipinski definition) is 1. The van der Waals surface area contributed by atoms with Crippen LogP contribution >= 0.6 is 0 Å². The number of carbonyl (C=O) groups is 1. The molecule has 0 aliphatic carbocycles. The molecule has 45 heavy (non-hydrogen) atoms. The molecule has 10 heteroatoms. The Hall–Kier alpha value is -3.26. The molecule has 0 aromatic rings. The van der Waals surface area contributed by atoms with Crippen LogP contribution in [0.2, 0.25) is 0 Å². The highest BCUT2D eigenvalue weighted by Crippen LogP contribution is 2.35. The zero-order valence-corrected chi connectivity index (χ0v) is 27.6. The summed E-state index contributed by atoms with van der Waals surface area (Å²) >= 11 is 0. The van der Waals surface area contributed by atoms with Crippen LogP contribution in [0.15, 0.2) is 65.0 Å². The van der Waals surface area contributed by atoms with Crippen LogP contribution in [0.3, 0.4) is 0 Å². The molecule has 4 aliphatic rings. The Kier molecular flexibility index (Phi) is 12.2. The molecule has 1 atom stereocenters. The van der Waals surface area contributed by atoms with Gasteiger partial charge in [0.25, 0.3) is 0 Å². The second kappa shape index (κ2) is 15.8. The molecule has 1 amide bonds. The first-order valence-electron chi connectivity index (χ1n) is 16.3. The van der Waals surface area contributed by atoms with Gasteiger partial charge >= 0.3 is 6.09 Å². The molecule has 1 N–H and O–H groups in total. The van der Waals surface area contributed by atoms with Crippen LogP contribution in [0.1, 0.15) is 72.1 Å². The number of rotatable bonds is 5. The molecule has 2 fully saturated rings. The first-order chi connectivity index (χ1) is 21.5. The molecule has 4 heterocycles. The number of ether oxygens (including phenoxy) is 2. The van der Waals surface area contributed by atoms with Crippen molar-refractivity contribution < 1.29 is 18.7 Å². The van der Waals surface area contributed by atoms with Crippen molar-refractivity contribution in [3.05, 3.63) is 60.0 Å². The van der Waals surface area contributed by atoms with Crippen LogP contribution in [-0.4, -0.2) is 96.5 Å². The Labute approximate surface area is 268 Å². The zero-order valence-electron chi connectivity index (χ0n) is 27.6. The Morgan fingerprint density at radius 2 is 1.93 bits per heavy atom. The lowest BCUT2D eigenvalue weighted by molar-refractivity contribution is -0.153. The van der Waals surface area contributed by atoms with E-state index in [1.54, 1.807) is 13.3 Å². The second-order valence-electron chi connectivity index (χ2n) is 13.5. The number of nitrogens with one attached hydrogen (secondary N) is 1. The number of halogens is 1. The van der Waals surface area contributed by atoms with Gasteiger partial charge in [-0.2, -0.15) is 5.26 Å². The van der Waals surface area contributed by atoms with Crippen molar-refractivity contribution in [2.45, 2.75) is 95.7 Å². The van der Waals surface area contributed by atoms with Crippen molar-refractivity contribution in [1.82, 2.24) is 20.0 Å². The summed E-state index contributed by atoms with van der Waals surface area (Å²) in [6.07, 6.45) is 16.5. The number of amidine groups is 1. The van der Waals surface area contributed by atoms with E-state index in [-0.39, 0.29) is 0 Å². The number of piperidine rings is 2. The highest BCUT2D eigenvalue weighted by atomic mass is 19.1. The van der Waals surface area contributed by atoms with Crippen LogP contribution in [-0.2, 0) is 9.47 Å². The van der Waals surface area contributed by atoms with Crippen molar-refractivity contribution >= 4 is 11.9 Å². The number of carbonyl (C=O) groups excluding carboxylic acids is 1. The molecule has 0 aromatic heterocycles. The van der Waals surface area contributed by atoms with E-state index in [2.05, 4.69) is 49.9 Å². The van der Waals surface area contributed by atoms with Crippen LogP contribution < -0.4 is 5.32 Å². The van der Waals surface area contributed by atoms with Gasteiger partial charge in [-0.25, -0.2) is 14.2 Å². The minimum atomic E-state index is -1.42. The van der Waals surface area contributed by atoms with E-state index in [0.717, 1.165) is 69.4 Å². The fraction of sp³-hybridized carbons (Fsp3) is 0.629. The van der Waals surface area contributed by atoms with E-state index < -0.39 is 23.6 Å². The molecule has 0 spiro atoms. The third kappa shape index (κ3) is 10.4. The van der Waals surface area contributed by atoms with Crippen molar-refractivity contribution in [3.63, 3.8) is 0 Å². The number of methoxy groups -OCH3 is 1. The maximum Gasteiger partial charge on any atom is 0.413 e. The quantitative estimate of drug-likeness (QED) is 0.402. The molecule has 0 bridgehead atoms. The summed E-state index contributed by atoms with van der Waals surface area (Å²) in [5, 5.41) is 12.1. The fourth-order valence-corrected chi connectivity index (χ4v) is 6.59. The Morgan fingerprint density at radius 1 is 1.20 bits per heavy atom. The molecular formula is C35H51FN6O3. The smallest absolute Gasteiger partial charge is 0.413 e. The number of hydrogen-bond acceptors (Lipinski definition) is 8. The van der Waals surface area contributed by atoms with E-state index in [1.807, 2.05) is 39.0 Å². The van der Waals surface area contributed by atoms with Crippen LogP contribution in [0.4, 0.5) is 9.18 Å². The summed E-state index contributed by atoms with van der Waals surface area (Å²) < 4.78 is 27.7. The lowest BCUT2D eigenvalue weighted by Gasteiger charge is -2.47. The number of amides is 1. The second-order valence-corrected chi connectivity index (χ2v) is 13.5. The molecule has 0 saturated carbocycles. The highest BCUT2D eigenvalue weighted by Gasteiger charge is 2.46. The summed E-state index contributed by atoms with van der Waals surface area (Å²) in [6.45, 7) is 14.2. The Balaban J connectivity index is 1.26. The molecule has 0 radical (unpaired) electrons. The first-order valence-corrected chi connectivity index (χ1v) is 16.3. The van der Waals surface area contributed by atoms with Crippen LogP contribution in [0.5, 0.6) is 0 Å². The van der Waals surface area contributed by atoms with Gasteiger partial charge in [-0.05, 0) is 88.8 Å². The van der Waals surface area contributed by atoms with E-state index in [9.17, 15) is 10.1 Å². The summed E-state index contributed by atoms with van der Waals surface area (Å²) in [6, 6.07) is 2.65. The van der Waals surface area contributed by atoms with Gasteiger partial charge in [0.05, 0.1) is 11.6 Å². The predicted molar refractivity (Wildman–Crippen MR) is 176 cm³/mol. The predicted octanol–water partition coefficient (Wildman–Crippen LogP) is 6.00. The van der Waals surface area contributed by atoms with Crippen molar-refractivity contribution in [1.29, 1.82) is 5.26 Å². The molecule has 9 nitrogen and oxygen atoms in total. The minimum absolute atomic E-state index is 0.397. The molecule has 4 aliphatic heterocycles. The molecule has 246 valence electrons. The SMILES string of the molecule is C=C1C=C(C#N)C=CCCCN(C2CCN(C(OC)C3(F)CCN(/C=C4/C=CN=C(NC(=O)OC(C)(C)C)CC4)CC3)CC2)C1. The average molecular weight is 623 g/mol. The lowest BCUT2D eigenvalue weighted by atomic mass is 9.89. The van der Waals surface area contributed by atoms with Crippen molar-refractivity contribution in [2.75, 3.05) is 46.4 Å². The summed E-state index contributed by atoms with van der Waals surface area (Å²) in [4.78, 5) is 23.4. The zero-order chi connectivity index (χ0) is 32.5. The van der Waals surface area contributed by atoms with Crippen molar-refractivity contribution in [2.24, 2.45) is 4.99 Å². The topological polar surface area (TPSA) is 93.4 Å². The maximum atomic E-state index is 16.5. The maximum absolute atomic E-state index is 16.5. The molecular weight excluding hydrogens is 571 g/mol. The average Bonchev–Trinajstić information content (AvgIpc) is 3.21. The van der Waals surface area contributed by atoms with E-state index in [4.69, 9.17) is 9.47 Å². The normalized spacial score (nSPS) is 24.3. The molecule has 0 aromatic carbocycles. The third-order valence-electron chi connectivity index (χ3n) is 8.81. The number of allylic oxidation sites excluding steroid dienone is 5. The molecule has 4 rings (SSSR count). The van der Waals surface area contributed by atoms with Gasteiger partial charge in [-0.15, -0.1) is 0 Å². The Morgan fingerprint density at radius 3 is 2.60 bits per heavy atom.